The minimum Gasteiger partial charge on any atom is -0.486 e. The standard InChI is InChI=1S/C22H21BrN2O3/c1-4-19-18-12-16(23)10-11-17(18)21(28-13-15-8-6-5-7-9-15)20(22(26)27)25(19)24-14(2)3/h4-12H,13H2,1-3H3,(H,26,27). The number of benzene rings is 2. The number of ether oxygens (including phenoxy) is 1. The Morgan fingerprint density at radius 2 is 1.89 bits per heavy atom. The van der Waals surface area contributed by atoms with E-state index in [1.54, 1.807) is 0 Å². The van der Waals surface area contributed by atoms with Gasteiger partial charge in [0.2, 0.25) is 0 Å². The molecule has 0 atom stereocenters. The van der Waals surface area contributed by atoms with Crippen molar-refractivity contribution in [2.45, 2.75) is 27.4 Å². The van der Waals surface area contributed by atoms with Gasteiger partial charge in [0, 0.05) is 21.3 Å². The number of carboxylic acid groups (broad SMARTS) is 1. The fraction of sp³-hybridized carbons (Fsp3) is 0.182. The molecule has 0 radical (unpaired) electrons. The first-order chi connectivity index (χ1) is 13.4. The molecule has 3 rings (SSSR count). The molecule has 28 heavy (non-hydrogen) atoms. The quantitative estimate of drug-likeness (QED) is 0.624. The van der Waals surface area contributed by atoms with Crippen molar-refractivity contribution in [2.24, 2.45) is 5.10 Å². The number of carboxylic acids is 1. The third-order valence-corrected chi connectivity index (χ3v) is 4.65. The second-order valence-electron chi connectivity index (χ2n) is 6.48. The SMILES string of the molecule is CC=C1c2cc(Br)ccc2C(OCc2ccccc2)=C(C(=O)O)N1N=C(C)C. The van der Waals surface area contributed by atoms with Gasteiger partial charge in [-0.3, -0.25) is 0 Å². The van der Waals surface area contributed by atoms with E-state index in [4.69, 9.17) is 4.74 Å². The van der Waals surface area contributed by atoms with Crippen molar-refractivity contribution in [2.75, 3.05) is 0 Å². The van der Waals surface area contributed by atoms with E-state index < -0.39 is 5.97 Å². The van der Waals surface area contributed by atoms with Crippen LogP contribution in [0.2, 0.25) is 0 Å². The van der Waals surface area contributed by atoms with Crippen LogP contribution in [0.3, 0.4) is 0 Å². The molecule has 1 aliphatic rings. The van der Waals surface area contributed by atoms with E-state index >= 15 is 0 Å². The Bertz CT molecular complexity index is 990. The van der Waals surface area contributed by atoms with Crippen molar-refractivity contribution in [3.8, 4) is 0 Å². The van der Waals surface area contributed by atoms with Crippen LogP contribution in [-0.4, -0.2) is 21.8 Å². The summed E-state index contributed by atoms with van der Waals surface area (Å²) in [6.45, 7) is 5.78. The minimum atomic E-state index is -1.10. The molecule has 0 aliphatic carbocycles. The number of aliphatic carboxylic acids is 1. The van der Waals surface area contributed by atoms with Gasteiger partial charge in [0.15, 0.2) is 11.5 Å². The fourth-order valence-corrected chi connectivity index (χ4v) is 3.39. The van der Waals surface area contributed by atoms with Gasteiger partial charge in [-0.05, 0) is 44.5 Å². The molecule has 2 aromatic carbocycles. The van der Waals surface area contributed by atoms with Crippen LogP contribution < -0.4 is 0 Å². The molecule has 0 amide bonds. The van der Waals surface area contributed by atoms with Crippen molar-refractivity contribution < 1.29 is 14.6 Å². The number of carbonyl (C=O) groups is 1. The number of nitrogens with zero attached hydrogens (tertiary/aromatic N) is 2. The molecule has 1 N–H and O–H groups in total. The summed E-state index contributed by atoms with van der Waals surface area (Å²) >= 11 is 3.50. The minimum absolute atomic E-state index is 0.0000496. The van der Waals surface area contributed by atoms with Crippen molar-refractivity contribution >= 4 is 39.1 Å². The van der Waals surface area contributed by atoms with E-state index in [0.29, 0.717) is 11.5 Å². The Balaban J connectivity index is 2.20. The predicted molar refractivity (Wildman–Crippen MR) is 114 cm³/mol. The number of hydrazone groups is 1. The lowest BCUT2D eigenvalue weighted by atomic mass is 9.97. The highest BCUT2D eigenvalue weighted by atomic mass is 79.9. The summed E-state index contributed by atoms with van der Waals surface area (Å²) in [4.78, 5) is 12.2. The second-order valence-corrected chi connectivity index (χ2v) is 7.40. The molecule has 0 spiro atoms. The highest BCUT2D eigenvalue weighted by molar-refractivity contribution is 9.10. The lowest BCUT2D eigenvalue weighted by Crippen LogP contribution is -2.28. The lowest BCUT2D eigenvalue weighted by molar-refractivity contribution is -0.134. The van der Waals surface area contributed by atoms with Crippen LogP contribution in [0.25, 0.3) is 11.5 Å². The zero-order valence-corrected chi connectivity index (χ0v) is 17.5. The summed E-state index contributed by atoms with van der Waals surface area (Å²) in [6.07, 6.45) is 1.86. The molecule has 144 valence electrons. The molecule has 5 nitrogen and oxygen atoms in total. The number of halogens is 1. The zero-order chi connectivity index (χ0) is 20.3. The first kappa shape index (κ1) is 19.9. The molecule has 0 saturated heterocycles. The van der Waals surface area contributed by atoms with Crippen molar-refractivity contribution in [3.05, 3.63) is 81.5 Å². The molecule has 0 fully saturated rings. The first-order valence-corrected chi connectivity index (χ1v) is 9.64. The summed E-state index contributed by atoms with van der Waals surface area (Å²) in [6, 6.07) is 15.3. The van der Waals surface area contributed by atoms with Crippen LogP contribution in [0, 0.1) is 0 Å². The third-order valence-electron chi connectivity index (χ3n) is 4.16. The van der Waals surface area contributed by atoms with Crippen LogP contribution in [-0.2, 0) is 16.1 Å². The Morgan fingerprint density at radius 1 is 1.18 bits per heavy atom. The smallest absolute Gasteiger partial charge is 0.358 e. The van der Waals surface area contributed by atoms with Crippen LogP contribution in [0.1, 0.15) is 37.5 Å². The van der Waals surface area contributed by atoms with Crippen LogP contribution in [0.4, 0.5) is 0 Å². The van der Waals surface area contributed by atoms with E-state index in [1.807, 2.05) is 75.4 Å². The molecule has 0 unspecified atom stereocenters. The van der Waals surface area contributed by atoms with E-state index in [1.165, 1.54) is 5.01 Å². The third kappa shape index (κ3) is 4.02. The van der Waals surface area contributed by atoms with E-state index in [2.05, 4.69) is 21.0 Å². The predicted octanol–water partition coefficient (Wildman–Crippen LogP) is 5.49. The van der Waals surface area contributed by atoms with Gasteiger partial charge in [-0.2, -0.15) is 5.10 Å². The van der Waals surface area contributed by atoms with E-state index in [-0.39, 0.29) is 12.3 Å². The zero-order valence-electron chi connectivity index (χ0n) is 15.9. The van der Waals surface area contributed by atoms with Gasteiger partial charge >= 0.3 is 5.97 Å². The van der Waals surface area contributed by atoms with Gasteiger partial charge in [0.1, 0.15) is 6.61 Å². The molecule has 2 aromatic rings. The normalized spacial score (nSPS) is 14.7. The summed E-state index contributed by atoms with van der Waals surface area (Å²) in [7, 11) is 0. The van der Waals surface area contributed by atoms with Crippen LogP contribution >= 0.6 is 15.9 Å². The first-order valence-electron chi connectivity index (χ1n) is 8.85. The molecule has 1 heterocycles. The number of rotatable bonds is 5. The highest BCUT2D eigenvalue weighted by Crippen LogP contribution is 2.41. The number of fused-ring (bicyclic) bond motifs is 1. The Labute approximate surface area is 172 Å². The molecule has 0 aromatic heterocycles. The summed E-state index contributed by atoms with van der Waals surface area (Å²) in [5, 5.41) is 15.9. The van der Waals surface area contributed by atoms with Gasteiger partial charge < -0.3 is 9.84 Å². The molecular weight excluding hydrogens is 420 g/mol. The maximum atomic E-state index is 12.2. The van der Waals surface area contributed by atoms with Crippen molar-refractivity contribution in [1.82, 2.24) is 5.01 Å². The van der Waals surface area contributed by atoms with Crippen LogP contribution in [0.15, 0.2) is 69.9 Å². The van der Waals surface area contributed by atoms with Gasteiger partial charge in [-0.1, -0.05) is 52.3 Å². The Kier molecular flexibility index (Phi) is 5.99. The summed E-state index contributed by atoms with van der Waals surface area (Å²) in [5.74, 6) is -0.796. The maximum Gasteiger partial charge on any atom is 0.358 e. The number of hydrogen-bond donors (Lipinski definition) is 1. The van der Waals surface area contributed by atoms with Gasteiger partial charge in [0.25, 0.3) is 0 Å². The molecule has 0 bridgehead atoms. The number of allylic oxidation sites excluding steroid dienone is 1. The Hall–Kier alpha value is -2.86. The number of hydrogen-bond acceptors (Lipinski definition) is 4. The van der Waals surface area contributed by atoms with Crippen LogP contribution in [0.5, 0.6) is 0 Å². The highest BCUT2D eigenvalue weighted by Gasteiger charge is 2.34. The maximum absolute atomic E-state index is 12.2. The van der Waals surface area contributed by atoms with Gasteiger partial charge in [-0.25, -0.2) is 9.80 Å². The Morgan fingerprint density at radius 3 is 2.50 bits per heavy atom. The second kappa shape index (κ2) is 8.44. The monoisotopic (exact) mass is 440 g/mol. The molecule has 6 heteroatoms. The van der Waals surface area contributed by atoms with Crippen molar-refractivity contribution in [1.29, 1.82) is 0 Å². The molecular formula is C22H21BrN2O3. The van der Waals surface area contributed by atoms with Gasteiger partial charge in [-0.15, -0.1) is 0 Å². The summed E-state index contributed by atoms with van der Waals surface area (Å²) < 4.78 is 6.95. The lowest BCUT2D eigenvalue weighted by Gasteiger charge is -2.32. The fourth-order valence-electron chi connectivity index (χ4n) is 3.03. The topological polar surface area (TPSA) is 62.1 Å². The average Bonchev–Trinajstić information content (AvgIpc) is 2.66. The average molecular weight is 441 g/mol. The van der Waals surface area contributed by atoms with E-state index in [0.717, 1.165) is 26.9 Å². The van der Waals surface area contributed by atoms with Gasteiger partial charge in [0.05, 0.1) is 5.70 Å². The van der Waals surface area contributed by atoms with Crippen molar-refractivity contribution in [3.63, 3.8) is 0 Å². The van der Waals surface area contributed by atoms with E-state index in [9.17, 15) is 9.90 Å². The molecule has 0 saturated carbocycles. The molecule has 1 aliphatic heterocycles. The largest absolute Gasteiger partial charge is 0.486 e. The summed E-state index contributed by atoms with van der Waals surface area (Å²) in [5.41, 5.74) is 3.97.